The van der Waals surface area contributed by atoms with Gasteiger partial charge in [0.05, 0.1) is 0 Å². The van der Waals surface area contributed by atoms with Crippen molar-refractivity contribution in [1.82, 2.24) is 9.96 Å². The van der Waals surface area contributed by atoms with Crippen LogP contribution in [0.1, 0.15) is 20.8 Å². The number of likely N-dealkylation sites (N-methyl/N-ethyl adjacent to an activating group) is 1. The van der Waals surface area contributed by atoms with Gasteiger partial charge < -0.3 is 10.1 Å². The van der Waals surface area contributed by atoms with Crippen LogP contribution >= 0.6 is 0 Å². The maximum absolute atomic E-state index is 9.37. The van der Waals surface area contributed by atoms with Crippen LogP contribution < -0.4 is 0 Å². The molecular weight excluding hydrogens is 152 g/mol. The molecule has 0 radical (unpaired) electrons. The van der Waals surface area contributed by atoms with E-state index in [1.54, 1.807) is 0 Å². The molecule has 1 atom stereocenters. The minimum atomic E-state index is 0.246. The summed E-state index contributed by atoms with van der Waals surface area (Å²) in [6, 6.07) is 0.455. The molecule has 1 heterocycles. The molecule has 3 heteroatoms. The van der Waals surface area contributed by atoms with Gasteiger partial charge >= 0.3 is 0 Å². The minimum Gasteiger partial charge on any atom is -0.314 e. The summed E-state index contributed by atoms with van der Waals surface area (Å²) in [4.78, 5) is 2.33. The minimum absolute atomic E-state index is 0.246. The van der Waals surface area contributed by atoms with Crippen LogP contribution in [-0.2, 0) is 0 Å². The zero-order chi connectivity index (χ0) is 9.35. The summed E-state index contributed by atoms with van der Waals surface area (Å²) in [5.74, 6) is 0. The van der Waals surface area contributed by atoms with Gasteiger partial charge in [-0.25, -0.2) is 0 Å². The lowest BCUT2D eigenvalue weighted by atomic mass is 9.85. The van der Waals surface area contributed by atoms with E-state index in [1.807, 2.05) is 0 Å². The molecule has 0 aromatic carbocycles. The molecule has 0 aromatic heterocycles. The first-order valence-corrected chi connectivity index (χ1v) is 4.55. The topological polar surface area (TPSA) is 26.7 Å². The molecule has 1 rings (SSSR count). The highest BCUT2D eigenvalue weighted by Gasteiger charge is 2.32. The van der Waals surface area contributed by atoms with Crippen LogP contribution in [0.25, 0.3) is 0 Å². The summed E-state index contributed by atoms with van der Waals surface area (Å²) in [5, 5.41) is 10.8. The highest BCUT2D eigenvalue weighted by molar-refractivity contribution is 4.86. The van der Waals surface area contributed by atoms with Crippen molar-refractivity contribution in [1.29, 1.82) is 0 Å². The molecule has 0 bridgehead atoms. The Bertz CT molecular complexity index is 153. The Balaban J connectivity index is 2.61. The molecule has 0 aliphatic carbocycles. The predicted molar refractivity (Wildman–Crippen MR) is 49.2 cm³/mol. The van der Waals surface area contributed by atoms with Crippen LogP contribution in [0.2, 0.25) is 0 Å². The average Bonchev–Trinajstić information content (AvgIpc) is 1.92. The largest absolute Gasteiger partial charge is 0.314 e. The van der Waals surface area contributed by atoms with Crippen LogP contribution in [0.15, 0.2) is 0 Å². The standard InChI is InChI=1S/C9H20N2O/c1-9(2,3)8-7-11(12)6-5-10(8)4/h8,12H,5-7H2,1-4H3. The van der Waals surface area contributed by atoms with Crippen molar-refractivity contribution < 1.29 is 5.21 Å². The Morgan fingerprint density at radius 1 is 1.25 bits per heavy atom. The molecule has 1 aliphatic rings. The van der Waals surface area contributed by atoms with Crippen molar-refractivity contribution in [2.75, 3.05) is 26.7 Å². The van der Waals surface area contributed by atoms with E-state index >= 15 is 0 Å². The molecule has 1 saturated heterocycles. The van der Waals surface area contributed by atoms with E-state index in [2.05, 4.69) is 32.7 Å². The van der Waals surface area contributed by atoms with Crippen LogP contribution in [0.3, 0.4) is 0 Å². The fraction of sp³-hybridized carbons (Fsp3) is 1.00. The summed E-state index contributed by atoms with van der Waals surface area (Å²) < 4.78 is 0. The van der Waals surface area contributed by atoms with E-state index in [9.17, 15) is 5.21 Å². The Kier molecular flexibility index (Phi) is 2.76. The molecule has 0 amide bonds. The maximum Gasteiger partial charge on any atom is 0.0399 e. The molecular formula is C9H20N2O. The molecule has 0 aromatic rings. The van der Waals surface area contributed by atoms with Gasteiger partial charge in [0.1, 0.15) is 0 Å². The van der Waals surface area contributed by atoms with E-state index in [4.69, 9.17) is 0 Å². The van der Waals surface area contributed by atoms with Gasteiger partial charge in [-0.3, -0.25) is 0 Å². The number of piperazine rings is 1. The number of hydrogen-bond acceptors (Lipinski definition) is 3. The van der Waals surface area contributed by atoms with Gasteiger partial charge in [0.2, 0.25) is 0 Å². The normalized spacial score (nSPS) is 29.2. The first-order chi connectivity index (χ1) is 5.41. The summed E-state index contributed by atoms with van der Waals surface area (Å²) in [6.07, 6.45) is 0. The zero-order valence-electron chi connectivity index (χ0n) is 8.54. The van der Waals surface area contributed by atoms with Gasteiger partial charge in [0.15, 0.2) is 0 Å². The monoisotopic (exact) mass is 172 g/mol. The lowest BCUT2D eigenvalue weighted by Gasteiger charge is -2.43. The summed E-state index contributed by atoms with van der Waals surface area (Å²) >= 11 is 0. The molecule has 0 saturated carbocycles. The third-order valence-corrected chi connectivity index (χ3v) is 2.63. The van der Waals surface area contributed by atoms with Crippen molar-refractivity contribution >= 4 is 0 Å². The van der Waals surface area contributed by atoms with Gasteiger partial charge in [-0.15, -0.1) is 0 Å². The summed E-state index contributed by atoms with van der Waals surface area (Å²) in [5.41, 5.74) is 0.246. The maximum atomic E-state index is 9.37. The van der Waals surface area contributed by atoms with Crippen molar-refractivity contribution in [2.24, 2.45) is 5.41 Å². The van der Waals surface area contributed by atoms with E-state index < -0.39 is 0 Å². The van der Waals surface area contributed by atoms with Crippen molar-refractivity contribution in [2.45, 2.75) is 26.8 Å². The Morgan fingerprint density at radius 2 is 1.83 bits per heavy atom. The number of nitrogens with zero attached hydrogens (tertiary/aromatic N) is 2. The van der Waals surface area contributed by atoms with E-state index in [0.29, 0.717) is 6.04 Å². The zero-order valence-corrected chi connectivity index (χ0v) is 8.54. The quantitative estimate of drug-likeness (QED) is 0.591. The molecule has 72 valence electrons. The number of hydroxylamine groups is 2. The van der Waals surface area contributed by atoms with Crippen LogP contribution in [0, 0.1) is 5.41 Å². The number of hydrogen-bond donors (Lipinski definition) is 1. The first-order valence-electron chi connectivity index (χ1n) is 4.55. The molecule has 1 unspecified atom stereocenters. The lowest BCUT2D eigenvalue weighted by molar-refractivity contribution is -0.143. The Labute approximate surface area is 74.9 Å². The third-order valence-electron chi connectivity index (χ3n) is 2.63. The van der Waals surface area contributed by atoms with E-state index in [-0.39, 0.29) is 5.41 Å². The van der Waals surface area contributed by atoms with Crippen molar-refractivity contribution in [3.63, 3.8) is 0 Å². The fourth-order valence-corrected chi connectivity index (χ4v) is 1.79. The highest BCUT2D eigenvalue weighted by Crippen LogP contribution is 2.25. The third kappa shape index (κ3) is 2.19. The molecule has 1 fully saturated rings. The predicted octanol–water partition coefficient (Wildman–Crippen LogP) is 1.04. The molecule has 12 heavy (non-hydrogen) atoms. The van der Waals surface area contributed by atoms with Crippen molar-refractivity contribution in [3.8, 4) is 0 Å². The van der Waals surface area contributed by atoms with Crippen molar-refractivity contribution in [3.05, 3.63) is 0 Å². The SMILES string of the molecule is CN1CCN(O)CC1C(C)(C)C. The first kappa shape index (κ1) is 9.96. The average molecular weight is 172 g/mol. The van der Waals surface area contributed by atoms with Gasteiger partial charge in [-0.05, 0) is 12.5 Å². The molecule has 0 spiro atoms. The van der Waals surface area contributed by atoms with Gasteiger partial charge in [0.25, 0.3) is 0 Å². The molecule has 3 nitrogen and oxygen atoms in total. The van der Waals surface area contributed by atoms with Gasteiger partial charge in [-0.1, -0.05) is 20.8 Å². The second-order valence-corrected chi connectivity index (χ2v) is 4.78. The summed E-state index contributed by atoms with van der Waals surface area (Å²) in [6.45, 7) is 9.13. The fourth-order valence-electron chi connectivity index (χ4n) is 1.79. The van der Waals surface area contributed by atoms with Crippen LogP contribution in [0.5, 0.6) is 0 Å². The second kappa shape index (κ2) is 3.32. The number of rotatable bonds is 0. The summed E-state index contributed by atoms with van der Waals surface area (Å²) in [7, 11) is 2.13. The van der Waals surface area contributed by atoms with Crippen LogP contribution in [0.4, 0.5) is 0 Å². The molecule has 1 aliphatic heterocycles. The van der Waals surface area contributed by atoms with E-state index in [1.165, 1.54) is 5.06 Å². The smallest absolute Gasteiger partial charge is 0.0399 e. The highest BCUT2D eigenvalue weighted by atomic mass is 16.5. The molecule has 1 N–H and O–H groups in total. The van der Waals surface area contributed by atoms with Gasteiger partial charge in [-0.2, -0.15) is 5.06 Å². The Hall–Kier alpha value is -0.120. The lowest BCUT2D eigenvalue weighted by Crippen LogP contribution is -2.55. The van der Waals surface area contributed by atoms with E-state index in [0.717, 1.165) is 19.6 Å². The van der Waals surface area contributed by atoms with Crippen LogP contribution in [-0.4, -0.2) is 47.9 Å². The Morgan fingerprint density at radius 3 is 2.25 bits per heavy atom. The van der Waals surface area contributed by atoms with Gasteiger partial charge in [0, 0.05) is 25.7 Å². The second-order valence-electron chi connectivity index (χ2n) is 4.78.